The molecule has 2 aromatic carbocycles. The Kier molecular flexibility index (Phi) is 11.2. The molecule has 0 radical (unpaired) electrons. The lowest BCUT2D eigenvalue weighted by Gasteiger charge is -2.35. The molecule has 0 bridgehead atoms. The lowest BCUT2D eigenvalue weighted by molar-refractivity contribution is -0.142. The number of phenolic OH excluding ortho intramolecular Hbond substituents is 1. The topological polar surface area (TPSA) is 108 Å². The third kappa shape index (κ3) is 9.39. The predicted octanol–water partition coefficient (Wildman–Crippen LogP) is 5.03. The van der Waals surface area contributed by atoms with E-state index in [4.69, 9.17) is 4.74 Å². The highest BCUT2D eigenvalue weighted by molar-refractivity contribution is 5.92. The van der Waals surface area contributed by atoms with Crippen molar-refractivity contribution >= 4 is 17.9 Å². The number of alkyl carbamates (subject to hydrolysis) is 1. The highest BCUT2D eigenvalue weighted by Gasteiger charge is 2.36. The first-order valence-corrected chi connectivity index (χ1v) is 13.3. The normalized spacial score (nSPS) is 12.9. The van der Waals surface area contributed by atoms with Crippen molar-refractivity contribution in [2.45, 2.75) is 91.5 Å². The zero-order chi connectivity index (χ0) is 28.5. The number of carbonyl (C=O) groups excluding carboxylic acids is 3. The molecule has 0 saturated heterocycles. The van der Waals surface area contributed by atoms with Crippen molar-refractivity contribution in [1.82, 2.24) is 15.5 Å². The SMILES string of the molecule is CCCCN(C(=O)C(Cc1ccc(O)cc1)NC(=O)OC(C)(C)C)C(C(=O)NC(C)C)c1ccccc1C. The Hall–Kier alpha value is -3.55. The van der Waals surface area contributed by atoms with E-state index in [2.05, 4.69) is 10.6 Å². The second-order valence-corrected chi connectivity index (χ2v) is 10.9. The molecule has 0 aliphatic carbocycles. The Morgan fingerprint density at radius 1 is 1.00 bits per heavy atom. The van der Waals surface area contributed by atoms with E-state index in [-0.39, 0.29) is 30.0 Å². The number of amides is 3. The van der Waals surface area contributed by atoms with Gasteiger partial charge in [-0.3, -0.25) is 9.59 Å². The van der Waals surface area contributed by atoms with E-state index >= 15 is 0 Å². The predicted molar refractivity (Wildman–Crippen MR) is 149 cm³/mol. The van der Waals surface area contributed by atoms with E-state index in [1.54, 1.807) is 37.8 Å². The van der Waals surface area contributed by atoms with Crippen molar-refractivity contribution in [1.29, 1.82) is 0 Å². The molecule has 3 amide bonds. The van der Waals surface area contributed by atoms with Crippen LogP contribution in [0.1, 0.15) is 77.1 Å². The summed E-state index contributed by atoms with van der Waals surface area (Å²) in [7, 11) is 0. The van der Waals surface area contributed by atoms with Crippen LogP contribution >= 0.6 is 0 Å². The maximum atomic E-state index is 14.3. The number of unbranched alkanes of at least 4 members (excludes halogenated alkanes) is 1. The van der Waals surface area contributed by atoms with Gasteiger partial charge in [0, 0.05) is 19.0 Å². The van der Waals surface area contributed by atoms with Crippen LogP contribution in [-0.2, 0) is 20.7 Å². The molecule has 0 aliphatic heterocycles. The number of hydrogen-bond acceptors (Lipinski definition) is 5. The van der Waals surface area contributed by atoms with Crippen LogP contribution in [0.5, 0.6) is 5.75 Å². The molecule has 8 heteroatoms. The summed E-state index contributed by atoms with van der Waals surface area (Å²) in [5.41, 5.74) is 1.61. The quantitative estimate of drug-likeness (QED) is 0.381. The number of aryl methyl sites for hydroxylation is 1. The number of benzene rings is 2. The molecule has 3 N–H and O–H groups in total. The van der Waals surface area contributed by atoms with Crippen molar-refractivity contribution in [3.05, 3.63) is 65.2 Å². The number of rotatable bonds is 11. The highest BCUT2D eigenvalue weighted by Crippen LogP contribution is 2.27. The van der Waals surface area contributed by atoms with Crippen molar-refractivity contribution in [2.75, 3.05) is 6.54 Å². The van der Waals surface area contributed by atoms with Crippen molar-refractivity contribution in [3.8, 4) is 5.75 Å². The van der Waals surface area contributed by atoms with Crippen LogP contribution in [0.25, 0.3) is 0 Å². The van der Waals surface area contributed by atoms with E-state index < -0.39 is 23.8 Å². The van der Waals surface area contributed by atoms with Gasteiger partial charge in [0.05, 0.1) is 0 Å². The zero-order valence-electron chi connectivity index (χ0n) is 23.7. The van der Waals surface area contributed by atoms with Crippen molar-refractivity contribution in [2.24, 2.45) is 0 Å². The fraction of sp³-hybridized carbons (Fsp3) is 0.500. The van der Waals surface area contributed by atoms with Gasteiger partial charge in [-0.05, 0) is 76.8 Å². The molecule has 208 valence electrons. The number of nitrogens with one attached hydrogen (secondary N) is 2. The fourth-order valence-electron chi connectivity index (χ4n) is 4.12. The standard InChI is InChI=1S/C30H43N3O5/c1-8-9-18-33(26(27(35)31-20(2)3)24-13-11-10-12-21(24)4)28(36)25(32-29(37)38-30(5,6)7)19-22-14-16-23(34)17-15-22/h10-17,20,25-26,34H,8-9,18-19H2,1-7H3,(H,31,35)(H,32,37). The van der Waals surface area contributed by atoms with E-state index in [1.807, 2.05) is 52.0 Å². The van der Waals surface area contributed by atoms with Crippen molar-refractivity contribution < 1.29 is 24.2 Å². The van der Waals surface area contributed by atoms with Crippen LogP contribution in [-0.4, -0.2) is 52.1 Å². The summed E-state index contributed by atoms with van der Waals surface area (Å²) in [5.74, 6) is -0.560. The summed E-state index contributed by atoms with van der Waals surface area (Å²) in [6.45, 7) is 13.3. The molecule has 2 atom stereocenters. The summed E-state index contributed by atoms with van der Waals surface area (Å²) >= 11 is 0. The van der Waals surface area contributed by atoms with Gasteiger partial charge in [-0.25, -0.2) is 4.79 Å². The lowest BCUT2D eigenvalue weighted by Crippen LogP contribution is -2.54. The lowest BCUT2D eigenvalue weighted by atomic mass is 9.96. The van der Waals surface area contributed by atoms with Crippen LogP contribution in [0.15, 0.2) is 48.5 Å². The third-order valence-electron chi connectivity index (χ3n) is 5.87. The maximum absolute atomic E-state index is 14.3. The second kappa shape index (κ2) is 13.8. The molecular formula is C30H43N3O5. The van der Waals surface area contributed by atoms with Gasteiger partial charge in [0.15, 0.2) is 0 Å². The Balaban J connectivity index is 2.55. The molecule has 0 spiro atoms. The number of phenols is 1. The highest BCUT2D eigenvalue weighted by atomic mass is 16.6. The van der Waals surface area contributed by atoms with Crippen molar-refractivity contribution in [3.63, 3.8) is 0 Å². The molecule has 2 rings (SSSR count). The largest absolute Gasteiger partial charge is 0.508 e. The van der Waals surface area contributed by atoms with Gasteiger partial charge in [-0.2, -0.15) is 0 Å². The van der Waals surface area contributed by atoms with Crippen LogP contribution < -0.4 is 10.6 Å². The van der Waals surface area contributed by atoms with Gasteiger partial charge in [-0.15, -0.1) is 0 Å². The first kappa shape index (κ1) is 30.7. The number of ether oxygens (including phenoxy) is 1. The second-order valence-electron chi connectivity index (χ2n) is 10.9. The average molecular weight is 526 g/mol. The Morgan fingerprint density at radius 2 is 1.63 bits per heavy atom. The summed E-state index contributed by atoms with van der Waals surface area (Å²) in [6, 6.07) is 12.0. The van der Waals surface area contributed by atoms with E-state index in [0.29, 0.717) is 13.0 Å². The summed E-state index contributed by atoms with van der Waals surface area (Å²) in [5, 5.41) is 15.4. The Bertz CT molecular complexity index is 1080. The zero-order valence-corrected chi connectivity index (χ0v) is 23.7. The van der Waals surface area contributed by atoms with E-state index in [0.717, 1.165) is 23.1 Å². The van der Waals surface area contributed by atoms with E-state index in [9.17, 15) is 19.5 Å². The van der Waals surface area contributed by atoms with E-state index in [1.165, 1.54) is 12.1 Å². The van der Waals surface area contributed by atoms with Gasteiger partial charge >= 0.3 is 6.09 Å². The van der Waals surface area contributed by atoms with Crippen LogP contribution in [0.4, 0.5) is 4.79 Å². The summed E-state index contributed by atoms with van der Waals surface area (Å²) < 4.78 is 5.46. The summed E-state index contributed by atoms with van der Waals surface area (Å²) in [4.78, 5) is 42.2. The molecule has 8 nitrogen and oxygen atoms in total. The number of aromatic hydroxyl groups is 1. The van der Waals surface area contributed by atoms with Gasteiger partial charge in [0.1, 0.15) is 23.4 Å². The number of hydrogen-bond donors (Lipinski definition) is 3. The molecule has 2 unspecified atom stereocenters. The number of carbonyl (C=O) groups is 3. The Labute approximate surface area is 226 Å². The molecule has 38 heavy (non-hydrogen) atoms. The maximum Gasteiger partial charge on any atom is 0.408 e. The molecular weight excluding hydrogens is 482 g/mol. The minimum Gasteiger partial charge on any atom is -0.508 e. The van der Waals surface area contributed by atoms with Gasteiger partial charge < -0.3 is 25.4 Å². The molecule has 2 aromatic rings. The van der Waals surface area contributed by atoms with Crippen LogP contribution in [0, 0.1) is 6.92 Å². The third-order valence-corrected chi connectivity index (χ3v) is 5.87. The molecule has 0 heterocycles. The number of nitrogens with zero attached hydrogens (tertiary/aromatic N) is 1. The van der Waals surface area contributed by atoms with Gasteiger partial charge in [-0.1, -0.05) is 49.7 Å². The van der Waals surface area contributed by atoms with Gasteiger partial charge in [0.2, 0.25) is 11.8 Å². The minimum absolute atomic E-state index is 0.103. The molecule has 0 aliphatic rings. The monoisotopic (exact) mass is 525 g/mol. The van der Waals surface area contributed by atoms with Gasteiger partial charge in [0.25, 0.3) is 0 Å². The Morgan fingerprint density at radius 3 is 2.18 bits per heavy atom. The first-order chi connectivity index (χ1) is 17.8. The average Bonchev–Trinajstić information content (AvgIpc) is 2.81. The van der Waals surface area contributed by atoms with Crippen LogP contribution in [0.2, 0.25) is 0 Å². The minimum atomic E-state index is -0.996. The molecule has 0 aromatic heterocycles. The smallest absolute Gasteiger partial charge is 0.408 e. The molecule has 0 saturated carbocycles. The first-order valence-electron chi connectivity index (χ1n) is 13.3. The fourth-order valence-corrected chi connectivity index (χ4v) is 4.12. The molecule has 0 fully saturated rings. The van der Waals surface area contributed by atoms with Crippen LogP contribution in [0.3, 0.4) is 0 Å². The summed E-state index contributed by atoms with van der Waals surface area (Å²) in [6.07, 6.45) is 0.941.